The number of halogens is 2. The molecule has 8 nitrogen and oxygen atoms in total. The van der Waals surface area contributed by atoms with Crippen molar-refractivity contribution in [2.24, 2.45) is 0 Å². The summed E-state index contributed by atoms with van der Waals surface area (Å²) in [5, 5.41) is 3.57. The maximum Gasteiger partial charge on any atom is 0.264 e. The van der Waals surface area contributed by atoms with Crippen LogP contribution in [-0.2, 0) is 32.6 Å². The average molecular weight is 683 g/mol. The first-order valence-corrected chi connectivity index (χ1v) is 16.9. The fourth-order valence-electron chi connectivity index (χ4n) is 5.03. The number of rotatable bonds is 13. The lowest BCUT2D eigenvalue weighted by molar-refractivity contribution is -0.140. The summed E-state index contributed by atoms with van der Waals surface area (Å²) in [5.41, 5.74) is 3.21. The standard InChI is InChI=1S/C35H37Cl2N3O5S/c1-5-38-35(42)32(20-26-9-7-6-8-10-26)39(22-27-14-15-28(36)21-30(27)37)34(41)23-40(31-19-25(3)13-18-33(31)45-4)46(43,44)29-16-11-24(2)12-17-29/h6-19,21,32H,5,20,22-23H2,1-4H3,(H,38,42)/t32-/m0/s1. The highest BCUT2D eigenvalue weighted by Crippen LogP contribution is 2.34. The van der Waals surface area contributed by atoms with Gasteiger partial charge in [-0.15, -0.1) is 0 Å². The van der Waals surface area contributed by atoms with Crippen molar-refractivity contribution >= 4 is 50.7 Å². The molecule has 0 heterocycles. The van der Waals surface area contributed by atoms with Gasteiger partial charge in [-0.2, -0.15) is 0 Å². The number of ether oxygens (including phenoxy) is 1. The van der Waals surface area contributed by atoms with Crippen LogP contribution in [0.3, 0.4) is 0 Å². The number of amides is 2. The third-order valence-electron chi connectivity index (χ3n) is 7.47. The van der Waals surface area contributed by atoms with Crippen molar-refractivity contribution in [3.63, 3.8) is 0 Å². The van der Waals surface area contributed by atoms with Crippen LogP contribution in [0.15, 0.2) is 95.9 Å². The van der Waals surface area contributed by atoms with Crippen molar-refractivity contribution in [1.82, 2.24) is 10.2 Å². The lowest BCUT2D eigenvalue weighted by Gasteiger charge is -2.34. The fourth-order valence-corrected chi connectivity index (χ4v) is 6.91. The van der Waals surface area contributed by atoms with Gasteiger partial charge in [-0.05, 0) is 73.9 Å². The van der Waals surface area contributed by atoms with Gasteiger partial charge in [0.05, 0.1) is 17.7 Å². The molecule has 2 amide bonds. The summed E-state index contributed by atoms with van der Waals surface area (Å²) in [6.45, 7) is 5.11. The summed E-state index contributed by atoms with van der Waals surface area (Å²) in [5.74, 6) is -0.728. The van der Waals surface area contributed by atoms with Crippen molar-refractivity contribution in [2.75, 3.05) is 24.5 Å². The second kappa shape index (κ2) is 15.5. The number of hydrogen-bond acceptors (Lipinski definition) is 5. The molecule has 242 valence electrons. The summed E-state index contributed by atoms with van der Waals surface area (Å²) >= 11 is 12.7. The van der Waals surface area contributed by atoms with E-state index in [9.17, 15) is 18.0 Å². The maximum atomic E-state index is 14.6. The van der Waals surface area contributed by atoms with E-state index >= 15 is 0 Å². The number of carbonyl (C=O) groups is 2. The quantitative estimate of drug-likeness (QED) is 0.172. The minimum Gasteiger partial charge on any atom is -0.495 e. The molecule has 0 aliphatic heterocycles. The first-order valence-electron chi connectivity index (χ1n) is 14.7. The van der Waals surface area contributed by atoms with E-state index in [0.717, 1.165) is 21.0 Å². The van der Waals surface area contributed by atoms with E-state index in [0.29, 0.717) is 22.2 Å². The summed E-state index contributed by atoms with van der Waals surface area (Å²) in [6.07, 6.45) is 0.183. The summed E-state index contributed by atoms with van der Waals surface area (Å²) in [4.78, 5) is 29.6. The normalized spacial score (nSPS) is 11.9. The Bertz CT molecular complexity index is 1780. The predicted molar refractivity (Wildman–Crippen MR) is 183 cm³/mol. The van der Waals surface area contributed by atoms with Gasteiger partial charge in [-0.1, -0.05) is 83.4 Å². The summed E-state index contributed by atoms with van der Waals surface area (Å²) in [6, 6.07) is 24.7. The number of carbonyl (C=O) groups excluding carboxylic acids is 2. The number of methoxy groups -OCH3 is 1. The molecule has 0 fully saturated rings. The minimum absolute atomic E-state index is 0.00585. The van der Waals surface area contributed by atoms with Crippen molar-refractivity contribution in [3.05, 3.63) is 123 Å². The van der Waals surface area contributed by atoms with Crippen LogP contribution >= 0.6 is 23.2 Å². The van der Waals surface area contributed by atoms with Gasteiger partial charge in [-0.25, -0.2) is 8.42 Å². The molecular weight excluding hydrogens is 645 g/mol. The average Bonchev–Trinajstić information content (AvgIpc) is 3.03. The fraction of sp³-hybridized carbons (Fsp3) is 0.257. The number of benzene rings is 4. The SMILES string of the molecule is CCNC(=O)[C@H](Cc1ccccc1)N(Cc1ccc(Cl)cc1Cl)C(=O)CN(c1cc(C)ccc1OC)S(=O)(=O)c1ccc(C)cc1. The third kappa shape index (κ3) is 8.40. The molecule has 4 aromatic rings. The molecule has 0 spiro atoms. The van der Waals surface area contributed by atoms with E-state index in [4.69, 9.17) is 27.9 Å². The molecule has 0 aromatic heterocycles. The molecule has 11 heteroatoms. The number of anilines is 1. The smallest absolute Gasteiger partial charge is 0.264 e. The number of hydrogen-bond donors (Lipinski definition) is 1. The Labute approximate surface area is 280 Å². The van der Waals surface area contributed by atoms with Gasteiger partial charge < -0.3 is 15.0 Å². The van der Waals surface area contributed by atoms with E-state index in [-0.39, 0.29) is 35.2 Å². The number of nitrogens with zero attached hydrogens (tertiary/aromatic N) is 2. The van der Waals surface area contributed by atoms with Gasteiger partial charge in [0, 0.05) is 29.6 Å². The van der Waals surface area contributed by atoms with Crippen LogP contribution < -0.4 is 14.4 Å². The van der Waals surface area contributed by atoms with Crippen LogP contribution in [0.5, 0.6) is 5.75 Å². The second-order valence-electron chi connectivity index (χ2n) is 10.9. The van der Waals surface area contributed by atoms with Crippen LogP contribution in [0.25, 0.3) is 0 Å². The van der Waals surface area contributed by atoms with Crippen molar-refractivity contribution in [3.8, 4) is 5.75 Å². The predicted octanol–water partition coefficient (Wildman–Crippen LogP) is 6.59. The van der Waals surface area contributed by atoms with E-state index in [1.165, 1.54) is 24.1 Å². The van der Waals surface area contributed by atoms with Crippen LogP contribution in [-0.4, -0.2) is 51.4 Å². The number of nitrogens with one attached hydrogen (secondary N) is 1. The zero-order chi connectivity index (χ0) is 33.4. The van der Waals surface area contributed by atoms with E-state index in [1.54, 1.807) is 55.5 Å². The molecule has 4 rings (SSSR count). The van der Waals surface area contributed by atoms with Crippen molar-refractivity contribution < 1.29 is 22.7 Å². The van der Waals surface area contributed by atoms with Crippen LogP contribution in [0.4, 0.5) is 5.69 Å². The molecule has 0 aliphatic rings. The third-order valence-corrected chi connectivity index (χ3v) is 9.83. The molecule has 46 heavy (non-hydrogen) atoms. The van der Waals surface area contributed by atoms with Gasteiger partial charge in [0.25, 0.3) is 10.0 Å². The maximum absolute atomic E-state index is 14.6. The summed E-state index contributed by atoms with van der Waals surface area (Å²) < 4.78 is 35.2. The first-order chi connectivity index (χ1) is 21.9. The monoisotopic (exact) mass is 681 g/mol. The van der Waals surface area contributed by atoms with Gasteiger partial charge in [0.1, 0.15) is 18.3 Å². The number of sulfonamides is 1. The van der Waals surface area contributed by atoms with Gasteiger partial charge in [0.2, 0.25) is 11.8 Å². The zero-order valence-corrected chi connectivity index (χ0v) is 28.5. The molecule has 0 radical (unpaired) electrons. The highest BCUT2D eigenvalue weighted by atomic mass is 35.5. The molecule has 1 N–H and O–H groups in total. The van der Waals surface area contributed by atoms with Gasteiger partial charge >= 0.3 is 0 Å². The molecule has 1 atom stereocenters. The molecule has 0 bridgehead atoms. The van der Waals surface area contributed by atoms with E-state index < -0.39 is 28.5 Å². The highest BCUT2D eigenvalue weighted by molar-refractivity contribution is 7.92. The largest absolute Gasteiger partial charge is 0.495 e. The van der Waals surface area contributed by atoms with Crippen LogP contribution in [0.2, 0.25) is 10.0 Å². The Hall–Kier alpha value is -4.05. The molecule has 0 unspecified atom stereocenters. The molecule has 4 aromatic carbocycles. The van der Waals surface area contributed by atoms with Crippen LogP contribution in [0, 0.1) is 13.8 Å². The minimum atomic E-state index is -4.29. The topological polar surface area (TPSA) is 96.0 Å². The van der Waals surface area contributed by atoms with E-state index in [1.807, 2.05) is 44.2 Å². The van der Waals surface area contributed by atoms with Crippen LogP contribution in [0.1, 0.15) is 29.2 Å². The Morgan fingerprint density at radius 1 is 0.891 bits per heavy atom. The lowest BCUT2D eigenvalue weighted by Crippen LogP contribution is -2.53. The molecule has 0 saturated carbocycles. The molecular formula is C35H37Cl2N3O5S. The molecule has 0 saturated heterocycles. The second-order valence-corrected chi connectivity index (χ2v) is 13.6. The Kier molecular flexibility index (Phi) is 11.7. The summed E-state index contributed by atoms with van der Waals surface area (Å²) in [7, 11) is -2.85. The van der Waals surface area contributed by atoms with E-state index in [2.05, 4.69) is 5.32 Å². The van der Waals surface area contributed by atoms with Crippen molar-refractivity contribution in [1.29, 1.82) is 0 Å². The number of aryl methyl sites for hydroxylation is 2. The van der Waals surface area contributed by atoms with Crippen molar-refractivity contribution in [2.45, 2.75) is 44.7 Å². The Morgan fingerprint density at radius 3 is 2.20 bits per heavy atom. The lowest BCUT2D eigenvalue weighted by atomic mass is 10.0. The zero-order valence-electron chi connectivity index (χ0n) is 26.2. The highest BCUT2D eigenvalue weighted by Gasteiger charge is 2.35. The first kappa shape index (κ1) is 34.8. The van der Waals surface area contributed by atoms with Gasteiger partial charge in [0.15, 0.2) is 0 Å². The Balaban J connectivity index is 1.86. The molecule has 0 aliphatic carbocycles. The Morgan fingerprint density at radius 2 is 1.57 bits per heavy atom. The van der Waals surface area contributed by atoms with Gasteiger partial charge in [-0.3, -0.25) is 13.9 Å². The number of likely N-dealkylation sites (N-methyl/N-ethyl adjacent to an activating group) is 1.